The molecule has 0 aliphatic carbocycles. The van der Waals surface area contributed by atoms with E-state index in [1.807, 2.05) is 35.0 Å². The first-order valence-corrected chi connectivity index (χ1v) is 3.95. The van der Waals surface area contributed by atoms with E-state index in [4.69, 9.17) is 6.42 Å². The molecule has 2 heteroatoms. The summed E-state index contributed by atoms with van der Waals surface area (Å²) in [4.78, 5) is 3.97. The second-order valence-corrected chi connectivity index (χ2v) is 2.66. The lowest BCUT2D eigenvalue weighted by Crippen LogP contribution is -1.89. The van der Waals surface area contributed by atoms with Crippen molar-refractivity contribution in [3.8, 4) is 18.0 Å². The van der Waals surface area contributed by atoms with Crippen LogP contribution in [0.1, 0.15) is 5.56 Å². The minimum Gasteiger partial charge on any atom is -0.306 e. The molecule has 0 radical (unpaired) electrons. The van der Waals surface area contributed by atoms with Gasteiger partial charge in [0.1, 0.15) is 0 Å². The summed E-state index contributed by atoms with van der Waals surface area (Å²) in [6.45, 7) is 0. The van der Waals surface area contributed by atoms with Crippen molar-refractivity contribution in [3.63, 3.8) is 0 Å². The molecule has 2 nitrogen and oxygen atoms in total. The fourth-order valence-electron chi connectivity index (χ4n) is 1.17. The fourth-order valence-corrected chi connectivity index (χ4v) is 1.17. The van der Waals surface area contributed by atoms with Gasteiger partial charge < -0.3 is 4.57 Å². The molecule has 0 unspecified atom stereocenters. The first kappa shape index (κ1) is 7.63. The van der Waals surface area contributed by atoms with Crippen molar-refractivity contribution in [1.29, 1.82) is 0 Å². The van der Waals surface area contributed by atoms with Gasteiger partial charge in [0.15, 0.2) is 0 Å². The smallest absolute Gasteiger partial charge is 0.0991 e. The van der Waals surface area contributed by atoms with Crippen molar-refractivity contribution in [2.75, 3.05) is 0 Å². The average molecular weight is 168 g/mol. The number of aromatic nitrogens is 2. The SMILES string of the molecule is C#Cc1cccc(-n2ccnc2)c1. The van der Waals surface area contributed by atoms with Gasteiger partial charge in [-0.2, -0.15) is 0 Å². The van der Waals surface area contributed by atoms with E-state index < -0.39 is 0 Å². The van der Waals surface area contributed by atoms with Crippen LogP contribution in [0.3, 0.4) is 0 Å². The lowest BCUT2D eigenvalue weighted by atomic mass is 10.2. The van der Waals surface area contributed by atoms with Crippen LogP contribution in [0.5, 0.6) is 0 Å². The largest absolute Gasteiger partial charge is 0.306 e. The Morgan fingerprint density at radius 2 is 2.31 bits per heavy atom. The van der Waals surface area contributed by atoms with Crippen LogP contribution >= 0.6 is 0 Å². The number of imidazole rings is 1. The highest BCUT2D eigenvalue weighted by Gasteiger charge is 1.94. The maximum Gasteiger partial charge on any atom is 0.0991 e. The molecule has 0 N–H and O–H groups in total. The Morgan fingerprint density at radius 1 is 1.38 bits per heavy atom. The third-order valence-corrected chi connectivity index (χ3v) is 1.82. The molecule has 0 atom stereocenters. The maximum absolute atomic E-state index is 5.30. The normalized spacial score (nSPS) is 9.46. The summed E-state index contributed by atoms with van der Waals surface area (Å²) in [7, 11) is 0. The van der Waals surface area contributed by atoms with Gasteiger partial charge in [-0.1, -0.05) is 12.0 Å². The summed E-state index contributed by atoms with van der Waals surface area (Å²) in [6, 6.07) is 7.77. The monoisotopic (exact) mass is 168 g/mol. The van der Waals surface area contributed by atoms with Crippen molar-refractivity contribution >= 4 is 0 Å². The molecular weight excluding hydrogens is 160 g/mol. The van der Waals surface area contributed by atoms with Gasteiger partial charge in [-0.25, -0.2) is 4.98 Å². The second-order valence-electron chi connectivity index (χ2n) is 2.66. The average Bonchev–Trinajstić information content (AvgIpc) is 2.71. The number of hydrogen-bond acceptors (Lipinski definition) is 1. The Balaban J connectivity index is 2.49. The van der Waals surface area contributed by atoms with Gasteiger partial charge in [0.05, 0.1) is 6.33 Å². The van der Waals surface area contributed by atoms with Crippen molar-refractivity contribution in [1.82, 2.24) is 9.55 Å². The highest BCUT2D eigenvalue weighted by molar-refractivity contribution is 5.42. The zero-order valence-electron chi connectivity index (χ0n) is 7.01. The molecule has 0 aliphatic rings. The molecular formula is C11H8N2. The van der Waals surface area contributed by atoms with Crippen LogP contribution in [0.15, 0.2) is 43.0 Å². The standard InChI is InChI=1S/C11H8N2/c1-2-10-4-3-5-11(8-10)13-7-6-12-9-13/h1,3-9H. The molecule has 0 spiro atoms. The first-order chi connectivity index (χ1) is 6.40. The molecule has 62 valence electrons. The molecule has 13 heavy (non-hydrogen) atoms. The Hall–Kier alpha value is -2.01. The van der Waals surface area contributed by atoms with Crippen LogP contribution in [-0.2, 0) is 0 Å². The highest BCUT2D eigenvalue weighted by Crippen LogP contribution is 2.08. The van der Waals surface area contributed by atoms with Gasteiger partial charge in [0.2, 0.25) is 0 Å². The molecule has 1 aromatic heterocycles. The lowest BCUT2D eigenvalue weighted by Gasteiger charge is -2.01. The fraction of sp³-hybridized carbons (Fsp3) is 0. The van der Waals surface area contributed by atoms with Gasteiger partial charge >= 0.3 is 0 Å². The molecule has 0 fully saturated rings. The van der Waals surface area contributed by atoms with Gasteiger partial charge in [-0.15, -0.1) is 6.42 Å². The van der Waals surface area contributed by atoms with E-state index >= 15 is 0 Å². The number of rotatable bonds is 1. The predicted molar refractivity (Wildman–Crippen MR) is 51.5 cm³/mol. The Kier molecular flexibility index (Phi) is 1.85. The molecule has 0 saturated heterocycles. The maximum atomic E-state index is 5.30. The molecule has 2 rings (SSSR count). The van der Waals surface area contributed by atoms with E-state index in [2.05, 4.69) is 10.9 Å². The van der Waals surface area contributed by atoms with Crippen LogP contribution in [0.4, 0.5) is 0 Å². The van der Waals surface area contributed by atoms with Gasteiger partial charge in [-0.3, -0.25) is 0 Å². The first-order valence-electron chi connectivity index (χ1n) is 3.95. The summed E-state index contributed by atoms with van der Waals surface area (Å²) in [5.74, 6) is 2.60. The minimum absolute atomic E-state index is 0.881. The quantitative estimate of drug-likeness (QED) is 0.594. The molecule has 0 saturated carbocycles. The molecule has 1 heterocycles. The van der Waals surface area contributed by atoms with Crippen molar-refractivity contribution in [3.05, 3.63) is 48.5 Å². The van der Waals surface area contributed by atoms with Crippen molar-refractivity contribution < 1.29 is 0 Å². The summed E-state index contributed by atoms with van der Waals surface area (Å²) in [5.41, 5.74) is 1.92. The summed E-state index contributed by atoms with van der Waals surface area (Å²) in [6.07, 6.45) is 10.7. The van der Waals surface area contributed by atoms with E-state index in [1.165, 1.54) is 0 Å². The predicted octanol–water partition coefficient (Wildman–Crippen LogP) is 1.85. The molecule has 2 aromatic rings. The van der Waals surface area contributed by atoms with Gasteiger partial charge in [0.25, 0.3) is 0 Å². The van der Waals surface area contributed by atoms with Crippen LogP contribution in [0.2, 0.25) is 0 Å². The van der Waals surface area contributed by atoms with Gasteiger partial charge in [-0.05, 0) is 18.2 Å². The second kappa shape index (κ2) is 3.16. The zero-order valence-corrected chi connectivity index (χ0v) is 7.01. The number of benzene rings is 1. The number of hydrogen-bond donors (Lipinski definition) is 0. The molecule has 0 bridgehead atoms. The van der Waals surface area contributed by atoms with E-state index in [1.54, 1.807) is 12.5 Å². The van der Waals surface area contributed by atoms with E-state index in [-0.39, 0.29) is 0 Å². The Labute approximate surface area is 76.9 Å². The van der Waals surface area contributed by atoms with Crippen LogP contribution in [-0.4, -0.2) is 9.55 Å². The Bertz CT molecular complexity index is 435. The topological polar surface area (TPSA) is 17.8 Å². The van der Waals surface area contributed by atoms with Crippen LogP contribution in [0.25, 0.3) is 5.69 Å². The number of terminal acetylenes is 1. The van der Waals surface area contributed by atoms with E-state index in [0.717, 1.165) is 11.3 Å². The van der Waals surface area contributed by atoms with E-state index in [9.17, 15) is 0 Å². The lowest BCUT2D eigenvalue weighted by molar-refractivity contribution is 1.06. The van der Waals surface area contributed by atoms with Gasteiger partial charge in [0, 0.05) is 23.6 Å². The Morgan fingerprint density at radius 3 is 3.00 bits per heavy atom. The summed E-state index contributed by atoms with van der Waals surface area (Å²) >= 11 is 0. The summed E-state index contributed by atoms with van der Waals surface area (Å²) in [5, 5.41) is 0. The van der Waals surface area contributed by atoms with Crippen molar-refractivity contribution in [2.24, 2.45) is 0 Å². The molecule has 0 amide bonds. The summed E-state index contributed by atoms with van der Waals surface area (Å²) < 4.78 is 1.92. The third-order valence-electron chi connectivity index (χ3n) is 1.82. The van der Waals surface area contributed by atoms with Crippen LogP contribution in [0, 0.1) is 12.3 Å². The van der Waals surface area contributed by atoms with E-state index in [0.29, 0.717) is 0 Å². The molecule has 0 aliphatic heterocycles. The molecule has 1 aromatic carbocycles. The number of nitrogens with zero attached hydrogens (tertiary/aromatic N) is 2. The minimum atomic E-state index is 0.881. The zero-order chi connectivity index (χ0) is 9.10. The highest BCUT2D eigenvalue weighted by atomic mass is 15.0. The van der Waals surface area contributed by atoms with Crippen molar-refractivity contribution in [2.45, 2.75) is 0 Å². The van der Waals surface area contributed by atoms with Crippen LogP contribution < -0.4 is 0 Å². The third kappa shape index (κ3) is 1.45.